The van der Waals surface area contributed by atoms with Gasteiger partial charge in [0.15, 0.2) is 6.61 Å². The van der Waals surface area contributed by atoms with E-state index in [2.05, 4.69) is 5.32 Å². The Morgan fingerprint density at radius 1 is 1.16 bits per heavy atom. The number of piperidine rings is 1. The Bertz CT molecular complexity index is 899. The van der Waals surface area contributed by atoms with E-state index in [1.54, 1.807) is 0 Å². The molecule has 1 saturated carbocycles. The Morgan fingerprint density at radius 2 is 1.90 bits per heavy atom. The highest BCUT2D eigenvalue weighted by Gasteiger charge is 2.31. The zero-order chi connectivity index (χ0) is 22.4. The second kappa shape index (κ2) is 10.8. The first-order valence-corrected chi connectivity index (χ1v) is 12.8. The first-order valence-electron chi connectivity index (χ1n) is 11.0. The maximum Gasteiger partial charge on any atom is 0.338 e. The Labute approximate surface area is 189 Å². The molecule has 1 heterocycles. The van der Waals surface area contributed by atoms with Crippen LogP contribution in [0.1, 0.15) is 62.2 Å². The predicted molar refractivity (Wildman–Crippen MR) is 118 cm³/mol. The van der Waals surface area contributed by atoms with E-state index in [1.165, 1.54) is 41.8 Å². The van der Waals surface area contributed by atoms with E-state index in [9.17, 15) is 18.0 Å². The van der Waals surface area contributed by atoms with E-state index in [4.69, 9.17) is 16.3 Å². The van der Waals surface area contributed by atoms with Crippen LogP contribution < -0.4 is 5.32 Å². The van der Waals surface area contributed by atoms with Crippen molar-refractivity contribution >= 4 is 33.5 Å². The molecule has 0 radical (unpaired) electrons. The molecule has 1 amide bonds. The second-order valence-electron chi connectivity index (χ2n) is 8.64. The van der Waals surface area contributed by atoms with Gasteiger partial charge in [0.1, 0.15) is 4.90 Å². The molecule has 1 atom stereocenters. The van der Waals surface area contributed by atoms with Crippen molar-refractivity contribution in [3.05, 3.63) is 28.8 Å². The van der Waals surface area contributed by atoms with Crippen LogP contribution in [0.5, 0.6) is 0 Å². The van der Waals surface area contributed by atoms with Crippen molar-refractivity contribution in [2.75, 3.05) is 26.2 Å². The lowest BCUT2D eigenvalue weighted by Gasteiger charge is -2.30. The number of halogens is 1. The fourth-order valence-corrected chi connectivity index (χ4v) is 6.35. The molecular weight excluding hydrogens is 440 g/mol. The lowest BCUT2D eigenvalue weighted by molar-refractivity contribution is -0.124. The SMILES string of the molecule is CC1CCCN(S(=O)(=O)c2cc(C(=O)OCC(=O)NCC3CCCCC3)ccc2Cl)C1. The summed E-state index contributed by atoms with van der Waals surface area (Å²) in [4.78, 5) is 24.3. The summed E-state index contributed by atoms with van der Waals surface area (Å²) in [7, 11) is -3.82. The summed E-state index contributed by atoms with van der Waals surface area (Å²) in [5, 5.41) is 2.87. The van der Waals surface area contributed by atoms with Gasteiger partial charge >= 0.3 is 5.97 Å². The molecule has 1 aliphatic heterocycles. The summed E-state index contributed by atoms with van der Waals surface area (Å²) < 4.78 is 32.6. The first kappa shape index (κ1) is 24.0. The molecule has 1 N–H and O–H groups in total. The quantitative estimate of drug-likeness (QED) is 0.614. The third-order valence-electron chi connectivity index (χ3n) is 6.05. The zero-order valence-electron chi connectivity index (χ0n) is 17.9. The van der Waals surface area contributed by atoms with Crippen LogP contribution in [-0.4, -0.2) is 50.8 Å². The lowest BCUT2D eigenvalue weighted by atomic mass is 9.89. The van der Waals surface area contributed by atoms with E-state index < -0.39 is 22.6 Å². The second-order valence-corrected chi connectivity index (χ2v) is 11.0. The van der Waals surface area contributed by atoms with Crippen LogP contribution in [0.25, 0.3) is 0 Å². The average molecular weight is 471 g/mol. The molecule has 1 aromatic carbocycles. The molecular formula is C22H31ClN2O5S. The number of benzene rings is 1. The minimum atomic E-state index is -3.82. The van der Waals surface area contributed by atoms with Crippen molar-refractivity contribution in [3.63, 3.8) is 0 Å². The summed E-state index contributed by atoms with van der Waals surface area (Å²) in [5.74, 6) is -0.367. The molecule has 0 spiro atoms. The van der Waals surface area contributed by atoms with Gasteiger partial charge in [0, 0.05) is 19.6 Å². The number of ether oxygens (including phenoxy) is 1. The van der Waals surface area contributed by atoms with Crippen LogP contribution in [0.4, 0.5) is 0 Å². The number of carbonyl (C=O) groups excluding carboxylic acids is 2. The standard InChI is InChI=1S/C22H31ClN2O5S/c1-16-6-5-11-25(14-16)31(28,29)20-12-18(9-10-19(20)23)22(27)30-15-21(26)24-13-17-7-3-2-4-8-17/h9-10,12,16-17H,2-8,11,13-15H2,1H3,(H,24,26). The van der Waals surface area contributed by atoms with Crippen molar-refractivity contribution in [1.82, 2.24) is 9.62 Å². The molecule has 2 aliphatic rings. The smallest absolute Gasteiger partial charge is 0.338 e. The van der Waals surface area contributed by atoms with Crippen LogP contribution in [0.3, 0.4) is 0 Å². The van der Waals surface area contributed by atoms with Crippen LogP contribution in [0, 0.1) is 11.8 Å². The first-order chi connectivity index (χ1) is 14.8. The van der Waals surface area contributed by atoms with Crippen molar-refractivity contribution in [3.8, 4) is 0 Å². The van der Waals surface area contributed by atoms with Crippen LogP contribution in [-0.2, 0) is 19.6 Å². The summed E-state index contributed by atoms with van der Waals surface area (Å²) in [6.45, 7) is 3.05. The van der Waals surface area contributed by atoms with Gasteiger partial charge in [-0.05, 0) is 55.7 Å². The van der Waals surface area contributed by atoms with Gasteiger partial charge in [-0.15, -0.1) is 0 Å². The molecule has 1 unspecified atom stereocenters. The summed E-state index contributed by atoms with van der Waals surface area (Å²) in [5.41, 5.74) is 0.0492. The van der Waals surface area contributed by atoms with Gasteiger partial charge in [-0.3, -0.25) is 4.79 Å². The molecule has 2 fully saturated rings. The zero-order valence-corrected chi connectivity index (χ0v) is 19.5. The number of hydrogen-bond acceptors (Lipinski definition) is 5. The lowest BCUT2D eigenvalue weighted by Crippen LogP contribution is -2.39. The van der Waals surface area contributed by atoms with Crippen molar-refractivity contribution in [2.24, 2.45) is 11.8 Å². The van der Waals surface area contributed by atoms with Gasteiger partial charge in [0.2, 0.25) is 10.0 Å². The van der Waals surface area contributed by atoms with Gasteiger partial charge in [0.25, 0.3) is 5.91 Å². The number of esters is 1. The topological polar surface area (TPSA) is 92.8 Å². The van der Waals surface area contributed by atoms with E-state index in [1.807, 2.05) is 6.92 Å². The largest absolute Gasteiger partial charge is 0.452 e. The third kappa shape index (κ3) is 6.43. The van der Waals surface area contributed by atoms with E-state index in [0.29, 0.717) is 25.6 Å². The van der Waals surface area contributed by atoms with Crippen molar-refractivity contribution in [2.45, 2.75) is 56.8 Å². The highest BCUT2D eigenvalue weighted by atomic mass is 35.5. The van der Waals surface area contributed by atoms with E-state index >= 15 is 0 Å². The number of nitrogens with zero attached hydrogens (tertiary/aromatic N) is 1. The van der Waals surface area contributed by atoms with Crippen LogP contribution in [0.2, 0.25) is 5.02 Å². The minimum Gasteiger partial charge on any atom is -0.452 e. The molecule has 31 heavy (non-hydrogen) atoms. The third-order valence-corrected chi connectivity index (χ3v) is 8.40. The Balaban J connectivity index is 1.59. The van der Waals surface area contributed by atoms with Gasteiger partial charge in [-0.1, -0.05) is 37.8 Å². The molecule has 3 rings (SSSR count). The van der Waals surface area contributed by atoms with E-state index in [-0.39, 0.29) is 27.3 Å². The summed E-state index contributed by atoms with van der Waals surface area (Å²) >= 11 is 6.16. The molecule has 1 aromatic rings. The molecule has 9 heteroatoms. The molecule has 0 bridgehead atoms. The number of carbonyl (C=O) groups is 2. The highest BCUT2D eigenvalue weighted by molar-refractivity contribution is 7.89. The highest BCUT2D eigenvalue weighted by Crippen LogP contribution is 2.29. The van der Waals surface area contributed by atoms with Crippen LogP contribution in [0.15, 0.2) is 23.1 Å². The van der Waals surface area contributed by atoms with Gasteiger partial charge < -0.3 is 10.1 Å². The van der Waals surface area contributed by atoms with Crippen molar-refractivity contribution in [1.29, 1.82) is 0 Å². The predicted octanol–water partition coefficient (Wildman–Crippen LogP) is 3.61. The summed E-state index contributed by atoms with van der Waals surface area (Å²) in [6, 6.07) is 4.02. The number of nitrogens with one attached hydrogen (secondary N) is 1. The molecule has 7 nitrogen and oxygen atoms in total. The van der Waals surface area contributed by atoms with Gasteiger partial charge in [-0.25, -0.2) is 13.2 Å². The molecule has 1 saturated heterocycles. The van der Waals surface area contributed by atoms with Crippen molar-refractivity contribution < 1.29 is 22.7 Å². The maximum atomic E-state index is 13.1. The fraction of sp³-hybridized carbons (Fsp3) is 0.636. The number of hydrogen-bond donors (Lipinski definition) is 1. The van der Waals surface area contributed by atoms with Crippen LogP contribution >= 0.6 is 11.6 Å². The molecule has 172 valence electrons. The van der Waals surface area contributed by atoms with Gasteiger partial charge in [-0.2, -0.15) is 4.31 Å². The van der Waals surface area contributed by atoms with E-state index in [0.717, 1.165) is 25.7 Å². The maximum absolute atomic E-state index is 13.1. The van der Waals surface area contributed by atoms with Gasteiger partial charge in [0.05, 0.1) is 10.6 Å². The summed E-state index contributed by atoms with van der Waals surface area (Å²) in [6.07, 6.45) is 7.61. The Hall–Kier alpha value is -1.64. The number of rotatable bonds is 7. The normalized spacial score (nSPS) is 20.9. The monoisotopic (exact) mass is 470 g/mol. The molecule has 0 aromatic heterocycles. The fourth-order valence-electron chi connectivity index (χ4n) is 4.25. The average Bonchev–Trinajstić information content (AvgIpc) is 2.77. The number of amides is 1. The number of sulfonamides is 1. The Morgan fingerprint density at radius 3 is 2.61 bits per heavy atom. The minimum absolute atomic E-state index is 0.0492. The Kier molecular flexibility index (Phi) is 8.36. The molecule has 1 aliphatic carbocycles.